The monoisotopic (exact) mass is 302 g/mol. The fourth-order valence-electron chi connectivity index (χ4n) is 1.37. The van der Waals surface area contributed by atoms with Gasteiger partial charge in [-0.1, -0.05) is 11.3 Å². The number of amides is 1. The van der Waals surface area contributed by atoms with Crippen molar-refractivity contribution >= 4 is 39.9 Å². The smallest absolute Gasteiger partial charge is 0.349 e. The minimum atomic E-state index is -0.988. The van der Waals surface area contributed by atoms with E-state index in [0.29, 0.717) is 11.3 Å². The highest BCUT2D eigenvalue weighted by atomic mass is 32.1. The molecule has 1 rings (SSSR count). The van der Waals surface area contributed by atoms with Gasteiger partial charge in [-0.2, -0.15) is 0 Å². The van der Waals surface area contributed by atoms with Crippen LogP contribution in [0.2, 0.25) is 0 Å². The first-order valence-electron chi connectivity index (χ1n) is 5.08. The Morgan fingerprint density at radius 3 is 2.15 bits per heavy atom. The lowest BCUT2D eigenvalue weighted by Gasteiger charge is -2.04. The minimum absolute atomic E-state index is 0.310. The molecule has 1 heterocycles. The van der Waals surface area contributed by atoms with Gasteiger partial charge in [0.15, 0.2) is 0 Å². The van der Waals surface area contributed by atoms with Crippen LogP contribution in [-0.2, 0) is 14.3 Å². The minimum Gasteiger partial charge on any atom is -0.465 e. The number of nitrogens with zero attached hydrogens (tertiary/aromatic N) is 1. The summed E-state index contributed by atoms with van der Waals surface area (Å²) in [6.45, 7) is 1.11. The van der Waals surface area contributed by atoms with E-state index in [2.05, 4.69) is 14.8 Å². The van der Waals surface area contributed by atoms with Gasteiger partial charge in [-0.3, -0.25) is 14.9 Å². The fourth-order valence-corrected chi connectivity index (χ4v) is 2.35. The lowest BCUT2D eigenvalue weighted by atomic mass is 10.2. The molecule has 0 aliphatic carbocycles. The van der Waals surface area contributed by atoms with E-state index in [0.717, 1.165) is 21.1 Å². The molecule has 0 bridgehead atoms. The summed E-state index contributed by atoms with van der Waals surface area (Å²) in [5.41, 5.74) is -0.772. The van der Waals surface area contributed by atoms with E-state index >= 15 is 0 Å². The third-order valence-electron chi connectivity index (χ3n) is 2.12. The number of nitrogens with one attached hydrogen (secondary N) is 1. The molecule has 0 saturated carbocycles. The Kier molecular flexibility index (Phi) is 4.75. The van der Waals surface area contributed by atoms with Crippen molar-refractivity contribution in [1.82, 2.24) is 0 Å². The first-order chi connectivity index (χ1) is 9.33. The molecule has 0 aliphatic rings. The number of rotatable bonds is 4. The van der Waals surface area contributed by atoms with Gasteiger partial charge < -0.3 is 14.8 Å². The second-order valence-electron chi connectivity index (χ2n) is 3.41. The fraction of sp³-hybridized carbons (Fsp3) is 0.300. The summed E-state index contributed by atoms with van der Waals surface area (Å²) < 4.78 is 8.93. The lowest BCUT2D eigenvalue weighted by Crippen LogP contribution is -2.14. The summed E-state index contributed by atoms with van der Waals surface area (Å²) in [6, 6.07) is 0. The molecule has 1 aromatic heterocycles. The number of ether oxygens (including phenoxy) is 2. The third kappa shape index (κ3) is 2.91. The number of thiophene rings is 1. The molecule has 0 saturated heterocycles. The Bertz CT molecular complexity index is 593. The van der Waals surface area contributed by atoms with Gasteiger partial charge in [0.1, 0.15) is 16.1 Å². The highest BCUT2D eigenvalue weighted by Crippen LogP contribution is 2.40. The molecule has 1 amide bonds. The van der Waals surface area contributed by atoms with Crippen molar-refractivity contribution in [3.05, 3.63) is 20.6 Å². The second-order valence-corrected chi connectivity index (χ2v) is 4.41. The number of carbonyl (C=O) groups excluding carboxylic acids is 3. The number of anilines is 1. The van der Waals surface area contributed by atoms with Crippen LogP contribution in [0.5, 0.6) is 0 Å². The summed E-state index contributed by atoms with van der Waals surface area (Å²) in [6.07, 6.45) is 0. The van der Waals surface area contributed by atoms with Crippen LogP contribution >= 0.6 is 11.3 Å². The molecular formula is C10H10N2O7S. The number of carbonyl (C=O) groups is 3. The van der Waals surface area contributed by atoms with Gasteiger partial charge in [-0.05, 0) is 0 Å². The standard InChI is InChI=1S/C10H10N2O7S/c1-4(13)11-6-5(9(14)18-2)7(10(15)19-3)20-8(6)12(16)17/h1-3H3,(H,11,13). The van der Waals surface area contributed by atoms with Gasteiger partial charge >= 0.3 is 16.9 Å². The molecule has 0 fully saturated rings. The average Bonchev–Trinajstić information content (AvgIpc) is 2.75. The third-order valence-corrected chi connectivity index (χ3v) is 3.24. The van der Waals surface area contributed by atoms with Crippen molar-refractivity contribution in [3.8, 4) is 0 Å². The number of hydrogen-bond donors (Lipinski definition) is 1. The summed E-state index contributed by atoms with van der Waals surface area (Å²) in [7, 11) is 2.11. The van der Waals surface area contributed by atoms with Gasteiger partial charge in [0.05, 0.1) is 19.1 Å². The van der Waals surface area contributed by atoms with Crippen molar-refractivity contribution in [2.75, 3.05) is 19.5 Å². The highest BCUT2D eigenvalue weighted by molar-refractivity contribution is 7.18. The molecule has 10 heteroatoms. The Morgan fingerprint density at radius 1 is 1.20 bits per heavy atom. The van der Waals surface area contributed by atoms with Crippen LogP contribution in [0, 0.1) is 10.1 Å². The zero-order valence-electron chi connectivity index (χ0n) is 10.7. The van der Waals surface area contributed by atoms with Crippen molar-refractivity contribution < 1.29 is 28.8 Å². The molecule has 9 nitrogen and oxygen atoms in total. The molecule has 0 unspecified atom stereocenters. The first-order valence-corrected chi connectivity index (χ1v) is 5.90. The number of methoxy groups -OCH3 is 2. The predicted molar refractivity (Wildman–Crippen MR) is 68.0 cm³/mol. The van der Waals surface area contributed by atoms with Crippen molar-refractivity contribution in [1.29, 1.82) is 0 Å². The Hall–Kier alpha value is -2.49. The van der Waals surface area contributed by atoms with E-state index in [1.807, 2.05) is 0 Å². The van der Waals surface area contributed by atoms with Crippen LogP contribution < -0.4 is 5.32 Å². The van der Waals surface area contributed by atoms with E-state index in [-0.39, 0.29) is 10.6 Å². The van der Waals surface area contributed by atoms with E-state index in [9.17, 15) is 24.5 Å². The topological polar surface area (TPSA) is 125 Å². The molecule has 0 radical (unpaired) electrons. The number of esters is 2. The van der Waals surface area contributed by atoms with Crippen molar-refractivity contribution in [3.63, 3.8) is 0 Å². The molecule has 1 aromatic rings. The molecular weight excluding hydrogens is 292 g/mol. The van der Waals surface area contributed by atoms with E-state index in [1.54, 1.807) is 0 Å². The molecule has 0 aromatic carbocycles. The van der Waals surface area contributed by atoms with E-state index in [1.165, 1.54) is 0 Å². The zero-order chi connectivity index (χ0) is 15.4. The van der Waals surface area contributed by atoms with Crippen LogP contribution in [-0.4, -0.2) is 37.0 Å². The van der Waals surface area contributed by atoms with Crippen LogP contribution in [0.1, 0.15) is 27.0 Å². The maximum absolute atomic E-state index is 11.7. The van der Waals surface area contributed by atoms with Crippen LogP contribution in [0.25, 0.3) is 0 Å². The van der Waals surface area contributed by atoms with Crippen LogP contribution in [0.4, 0.5) is 10.7 Å². The van der Waals surface area contributed by atoms with Gasteiger partial charge in [0.2, 0.25) is 5.91 Å². The van der Waals surface area contributed by atoms with Crippen molar-refractivity contribution in [2.24, 2.45) is 0 Å². The second kappa shape index (κ2) is 6.10. The van der Waals surface area contributed by atoms with Crippen LogP contribution in [0.15, 0.2) is 0 Å². The maximum Gasteiger partial charge on any atom is 0.349 e. The summed E-state index contributed by atoms with van der Waals surface area (Å²) in [4.78, 5) is 44.2. The van der Waals surface area contributed by atoms with Gasteiger partial charge in [-0.15, -0.1) is 0 Å². The first kappa shape index (κ1) is 15.6. The Labute approximate surface area is 116 Å². The lowest BCUT2D eigenvalue weighted by molar-refractivity contribution is -0.379. The molecule has 0 spiro atoms. The Morgan fingerprint density at radius 2 is 1.75 bits per heavy atom. The van der Waals surface area contributed by atoms with E-state index in [4.69, 9.17) is 0 Å². The number of nitro groups is 1. The molecule has 0 atom stereocenters. The van der Waals surface area contributed by atoms with Gasteiger partial charge in [-0.25, -0.2) is 9.59 Å². The molecule has 1 N–H and O–H groups in total. The average molecular weight is 302 g/mol. The van der Waals surface area contributed by atoms with Crippen molar-refractivity contribution in [2.45, 2.75) is 6.92 Å². The summed E-state index contributed by atoms with van der Waals surface area (Å²) >= 11 is 0.423. The van der Waals surface area contributed by atoms with E-state index < -0.39 is 33.3 Å². The highest BCUT2D eigenvalue weighted by Gasteiger charge is 2.34. The zero-order valence-corrected chi connectivity index (χ0v) is 11.5. The largest absolute Gasteiger partial charge is 0.465 e. The maximum atomic E-state index is 11.7. The normalized spacial score (nSPS) is 9.75. The van der Waals surface area contributed by atoms with Gasteiger partial charge in [0, 0.05) is 6.92 Å². The molecule has 20 heavy (non-hydrogen) atoms. The predicted octanol–water partition coefficient (Wildman–Crippen LogP) is 1.19. The van der Waals surface area contributed by atoms with Crippen LogP contribution in [0.3, 0.4) is 0 Å². The Balaban J connectivity index is 3.61. The van der Waals surface area contributed by atoms with Gasteiger partial charge in [0.25, 0.3) is 0 Å². The molecule has 108 valence electrons. The SMILES string of the molecule is COC(=O)c1sc([N+](=O)[O-])c(NC(C)=O)c1C(=O)OC. The number of hydrogen-bond acceptors (Lipinski definition) is 8. The summed E-state index contributed by atoms with van der Waals surface area (Å²) in [5.74, 6) is -2.55. The summed E-state index contributed by atoms with van der Waals surface area (Å²) in [5, 5.41) is 12.6. The quantitative estimate of drug-likeness (QED) is 0.503. The molecule has 0 aliphatic heterocycles.